The van der Waals surface area contributed by atoms with E-state index in [1.807, 2.05) is 6.07 Å². The van der Waals surface area contributed by atoms with Crippen LogP contribution in [0.3, 0.4) is 0 Å². The standard InChI is InChI=1S/C15H17NS2/c1-2-6-12(7-3-1)14-10-18-15(16-14)11-17-13-8-4-5-9-13/h1-3,6-7,10,13H,4-5,8-9,11H2. The third kappa shape index (κ3) is 2.96. The summed E-state index contributed by atoms with van der Waals surface area (Å²) in [7, 11) is 0. The van der Waals surface area contributed by atoms with Crippen LogP contribution in [0.5, 0.6) is 0 Å². The summed E-state index contributed by atoms with van der Waals surface area (Å²) < 4.78 is 0. The van der Waals surface area contributed by atoms with Crippen LogP contribution < -0.4 is 0 Å². The predicted octanol–water partition coefficient (Wildman–Crippen LogP) is 4.99. The summed E-state index contributed by atoms with van der Waals surface area (Å²) in [4.78, 5) is 4.74. The van der Waals surface area contributed by atoms with Crippen LogP contribution in [-0.4, -0.2) is 10.2 Å². The monoisotopic (exact) mass is 275 g/mol. The zero-order chi connectivity index (χ0) is 12.2. The first-order valence-corrected chi connectivity index (χ1v) is 8.46. The van der Waals surface area contributed by atoms with Gasteiger partial charge >= 0.3 is 0 Å². The number of benzene rings is 1. The maximum Gasteiger partial charge on any atom is 0.103 e. The van der Waals surface area contributed by atoms with Crippen molar-refractivity contribution < 1.29 is 0 Å². The van der Waals surface area contributed by atoms with Crippen molar-refractivity contribution in [2.75, 3.05) is 0 Å². The molecule has 1 nitrogen and oxygen atoms in total. The topological polar surface area (TPSA) is 12.9 Å². The molecule has 0 spiro atoms. The van der Waals surface area contributed by atoms with Crippen molar-refractivity contribution in [1.29, 1.82) is 0 Å². The van der Waals surface area contributed by atoms with Crippen LogP contribution in [0.15, 0.2) is 35.7 Å². The van der Waals surface area contributed by atoms with E-state index in [1.54, 1.807) is 11.3 Å². The predicted molar refractivity (Wildman–Crippen MR) is 81.1 cm³/mol. The Labute approximate surface area is 117 Å². The Hall–Kier alpha value is -0.800. The highest BCUT2D eigenvalue weighted by atomic mass is 32.2. The molecule has 0 saturated heterocycles. The van der Waals surface area contributed by atoms with Crippen molar-refractivity contribution in [3.05, 3.63) is 40.7 Å². The van der Waals surface area contributed by atoms with Crippen molar-refractivity contribution in [3.63, 3.8) is 0 Å². The maximum absolute atomic E-state index is 4.74. The van der Waals surface area contributed by atoms with Crippen molar-refractivity contribution in [1.82, 2.24) is 4.98 Å². The van der Waals surface area contributed by atoms with Gasteiger partial charge in [0, 0.05) is 21.9 Å². The van der Waals surface area contributed by atoms with Gasteiger partial charge in [0.2, 0.25) is 0 Å². The first kappa shape index (κ1) is 12.2. The van der Waals surface area contributed by atoms with Gasteiger partial charge in [-0.15, -0.1) is 11.3 Å². The van der Waals surface area contributed by atoms with Gasteiger partial charge in [-0.25, -0.2) is 4.98 Å². The number of thioether (sulfide) groups is 1. The number of thiazole rings is 1. The molecule has 1 aromatic heterocycles. The zero-order valence-electron chi connectivity index (χ0n) is 10.3. The number of nitrogens with zero attached hydrogens (tertiary/aromatic N) is 1. The number of rotatable bonds is 4. The van der Waals surface area contributed by atoms with E-state index >= 15 is 0 Å². The van der Waals surface area contributed by atoms with Gasteiger partial charge in [-0.1, -0.05) is 43.2 Å². The molecule has 1 aliphatic rings. The summed E-state index contributed by atoms with van der Waals surface area (Å²) in [6, 6.07) is 10.4. The molecular weight excluding hydrogens is 258 g/mol. The quantitative estimate of drug-likeness (QED) is 0.780. The van der Waals surface area contributed by atoms with Gasteiger partial charge < -0.3 is 0 Å². The van der Waals surface area contributed by atoms with Crippen LogP contribution in [0.1, 0.15) is 30.7 Å². The molecule has 0 aliphatic heterocycles. The van der Waals surface area contributed by atoms with Gasteiger partial charge in [-0.05, 0) is 12.8 Å². The SMILES string of the molecule is c1ccc(-c2csc(CSC3CCCC3)n2)cc1. The molecule has 2 aromatic rings. The molecule has 3 rings (SSSR count). The van der Waals surface area contributed by atoms with E-state index in [2.05, 4.69) is 41.4 Å². The molecule has 0 radical (unpaired) electrons. The second kappa shape index (κ2) is 5.89. The number of aromatic nitrogens is 1. The van der Waals surface area contributed by atoms with Crippen LogP contribution in [0.2, 0.25) is 0 Å². The summed E-state index contributed by atoms with van der Waals surface area (Å²) in [6.07, 6.45) is 5.65. The van der Waals surface area contributed by atoms with Gasteiger partial charge in [0.25, 0.3) is 0 Å². The Morgan fingerprint density at radius 1 is 1.17 bits per heavy atom. The lowest BCUT2D eigenvalue weighted by atomic mass is 10.2. The average Bonchev–Trinajstić information content (AvgIpc) is 3.09. The Kier molecular flexibility index (Phi) is 4.01. The fourth-order valence-corrected chi connectivity index (χ4v) is 4.54. The molecule has 0 amide bonds. The molecule has 3 heteroatoms. The summed E-state index contributed by atoms with van der Waals surface area (Å²) >= 11 is 3.89. The zero-order valence-corrected chi connectivity index (χ0v) is 12.0. The highest BCUT2D eigenvalue weighted by Gasteiger charge is 2.16. The maximum atomic E-state index is 4.74. The van der Waals surface area contributed by atoms with Gasteiger partial charge in [-0.2, -0.15) is 11.8 Å². The summed E-state index contributed by atoms with van der Waals surface area (Å²) in [6.45, 7) is 0. The van der Waals surface area contributed by atoms with Gasteiger partial charge in [0.1, 0.15) is 5.01 Å². The molecule has 1 fully saturated rings. The van der Waals surface area contributed by atoms with E-state index in [9.17, 15) is 0 Å². The largest absolute Gasteiger partial charge is 0.240 e. The van der Waals surface area contributed by atoms with Crippen LogP contribution in [0.25, 0.3) is 11.3 Å². The first-order valence-electron chi connectivity index (χ1n) is 6.53. The summed E-state index contributed by atoms with van der Waals surface area (Å²) in [5.74, 6) is 1.09. The molecule has 0 bridgehead atoms. The lowest BCUT2D eigenvalue weighted by Gasteiger charge is -2.05. The highest BCUT2D eigenvalue weighted by Crippen LogP contribution is 2.33. The van der Waals surface area contributed by atoms with Crippen LogP contribution in [0, 0.1) is 0 Å². The van der Waals surface area contributed by atoms with Gasteiger partial charge in [0.15, 0.2) is 0 Å². The van der Waals surface area contributed by atoms with E-state index in [1.165, 1.54) is 36.3 Å². The smallest absolute Gasteiger partial charge is 0.103 e. The minimum absolute atomic E-state index is 0.883. The van der Waals surface area contributed by atoms with Crippen LogP contribution in [0.4, 0.5) is 0 Å². The second-order valence-corrected chi connectivity index (χ2v) is 6.94. The van der Waals surface area contributed by atoms with Crippen molar-refractivity contribution >= 4 is 23.1 Å². The Bertz CT molecular complexity index is 486. The molecule has 1 heterocycles. The van der Waals surface area contributed by atoms with E-state index in [0.717, 1.165) is 16.7 Å². The Balaban J connectivity index is 1.63. The second-order valence-electron chi connectivity index (χ2n) is 4.71. The molecule has 1 saturated carbocycles. The third-order valence-electron chi connectivity index (χ3n) is 3.37. The number of hydrogen-bond acceptors (Lipinski definition) is 3. The minimum Gasteiger partial charge on any atom is -0.240 e. The van der Waals surface area contributed by atoms with Crippen molar-refractivity contribution in [2.24, 2.45) is 0 Å². The fraction of sp³-hybridized carbons (Fsp3) is 0.400. The molecule has 18 heavy (non-hydrogen) atoms. The molecule has 1 aromatic carbocycles. The molecule has 0 atom stereocenters. The number of hydrogen-bond donors (Lipinski definition) is 0. The van der Waals surface area contributed by atoms with E-state index in [4.69, 9.17) is 4.98 Å². The summed E-state index contributed by atoms with van der Waals surface area (Å²) in [5, 5.41) is 4.33. The molecule has 0 N–H and O–H groups in total. The van der Waals surface area contributed by atoms with Gasteiger partial charge in [0.05, 0.1) is 5.69 Å². The van der Waals surface area contributed by atoms with E-state index < -0.39 is 0 Å². The Morgan fingerprint density at radius 2 is 1.94 bits per heavy atom. The van der Waals surface area contributed by atoms with Crippen molar-refractivity contribution in [2.45, 2.75) is 36.7 Å². The molecule has 94 valence electrons. The van der Waals surface area contributed by atoms with Gasteiger partial charge in [-0.3, -0.25) is 0 Å². The third-order valence-corrected chi connectivity index (χ3v) is 5.78. The fourth-order valence-electron chi connectivity index (χ4n) is 2.36. The minimum atomic E-state index is 0.883. The van der Waals surface area contributed by atoms with Crippen LogP contribution in [-0.2, 0) is 5.75 Å². The highest BCUT2D eigenvalue weighted by molar-refractivity contribution is 7.99. The van der Waals surface area contributed by atoms with E-state index in [0.29, 0.717) is 0 Å². The molecule has 1 aliphatic carbocycles. The molecule has 0 unspecified atom stereocenters. The molecular formula is C15H17NS2. The lowest BCUT2D eigenvalue weighted by Crippen LogP contribution is -1.94. The van der Waals surface area contributed by atoms with E-state index in [-0.39, 0.29) is 0 Å². The van der Waals surface area contributed by atoms with Crippen LogP contribution >= 0.6 is 23.1 Å². The summed E-state index contributed by atoms with van der Waals surface area (Å²) in [5.41, 5.74) is 2.36. The normalized spacial score (nSPS) is 16.2. The lowest BCUT2D eigenvalue weighted by molar-refractivity contribution is 0.886. The average molecular weight is 275 g/mol. The first-order chi connectivity index (χ1) is 8.92. The van der Waals surface area contributed by atoms with Crippen molar-refractivity contribution in [3.8, 4) is 11.3 Å². The Morgan fingerprint density at radius 3 is 2.72 bits per heavy atom.